The Morgan fingerprint density at radius 1 is 1.79 bits per heavy atom. The smallest absolute Gasteiger partial charge is 0.234 e. The van der Waals surface area contributed by atoms with E-state index in [2.05, 4.69) is 10.6 Å². The fourth-order valence-electron chi connectivity index (χ4n) is 1.72. The highest BCUT2D eigenvalue weighted by Gasteiger charge is 2.26. The number of amides is 2. The summed E-state index contributed by atoms with van der Waals surface area (Å²) in [7, 11) is 1.68. The molecule has 1 aliphatic rings. The van der Waals surface area contributed by atoms with E-state index in [-0.39, 0.29) is 11.8 Å². The van der Waals surface area contributed by atoms with Crippen LogP contribution in [0.1, 0.15) is 19.3 Å². The van der Waals surface area contributed by atoms with Gasteiger partial charge in [-0.3, -0.25) is 9.59 Å². The van der Waals surface area contributed by atoms with Crippen molar-refractivity contribution in [2.75, 3.05) is 13.6 Å². The van der Waals surface area contributed by atoms with Gasteiger partial charge in [0.1, 0.15) is 0 Å². The normalized spacial score (nSPS) is 24.1. The van der Waals surface area contributed by atoms with Gasteiger partial charge in [-0.15, -0.1) is 0 Å². The molecule has 1 aliphatic heterocycles. The summed E-state index contributed by atoms with van der Waals surface area (Å²) >= 11 is 0. The number of hydrogen-bond donors (Lipinski definition) is 3. The third kappa shape index (κ3) is 2.70. The third-order valence-corrected chi connectivity index (χ3v) is 2.61. The van der Waals surface area contributed by atoms with E-state index < -0.39 is 11.9 Å². The van der Waals surface area contributed by atoms with Gasteiger partial charge in [-0.25, -0.2) is 0 Å². The molecule has 0 aromatic carbocycles. The van der Waals surface area contributed by atoms with Crippen molar-refractivity contribution >= 4 is 11.8 Å². The standard InChI is InChI=1S/C9H17N3O2/c1-11-7(8(10)13)5-6-3-2-4-12-9(6)14/h6-7,11H,2-5H2,1H3,(H2,10,13)(H,12,14). The summed E-state index contributed by atoms with van der Waals surface area (Å²) in [5, 5.41) is 5.60. The van der Waals surface area contributed by atoms with Crippen LogP contribution in [0.25, 0.3) is 0 Å². The fraction of sp³-hybridized carbons (Fsp3) is 0.778. The number of rotatable bonds is 4. The maximum absolute atomic E-state index is 11.4. The number of primary amides is 1. The van der Waals surface area contributed by atoms with Crippen LogP contribution in [0.5, 0.6) is 0 Å². The van der Waals surface area contributed by atoms with Crippen LogP contribution < -0.4 is 16.4 Å². The van der Waals surface area contributed by atoms with Crippen LogP contribution >= 0.6 is 0 Å². The molecule has 2 amide bonds. The van der Waals surface area contributed by atoms with Crippen molar-refractivity contribution in [1.82, 2.24) is 10.6 Å². The van der Waals surface area contributed by atoms with E-state index in [0.717, 1.165) is 19.4 Å². The number of carbonyl (C=O) groups excluding carboxylic acids is 2. The molecule has 0 radical (unpaired) electrons. The van der Waals surface area contributed by atoms with Crippen molar-refractivity contribution in [1.29, 1.82) is 0 Å². The zero-order valence-electron chi connectivity index (χ0n) is 8.38. The molecule has 5 heteroatoms. The Balaban J connectivity index is 2.48. The first kappa shape index (κ1) is 11.0. The Morgan fingerprint density at radius 3 is 3.00 bits per heavy atom. The summed E-state index contributed by atoms with van der Waals surface area (Å²) in [5.41, 5.74) is 5.18. The molecule has 4 N–H and O–H groups in total. The predicted octanol–water partition coefficient (Wildman–Crippen LogP) is -1.02. The van der Waals surface area contributed by atoms with Crippen LogP contribution in [0, 0.1) is 5.92 Å². The van der Waals surface area contributed by atoms with E-state index in [1.165, 1.54) is 0 Å². The predicted molar refractivity (Wildman–Crippen MR) is 52.4 cm³/mol. The maximum atomic E-state index is 11.4. The minimum Gasteiger partial charge on any atom is -0.368 e. The molecule has 1 heterocycles. The molecule has 0 bridgehead atoms. The summed E-state index contributed by atoms with van der Waals surface area (Å²) < 4.78 is 0. The van der Waals surface area contributed by atoms with E-state index >= 15 is 0 Å². The number of nitrogens with one attached hydrogen (secondary N) is 2. The van der Waals surface area contributed by atoms with Crippen LogP contribution in [-0.2, 0) is 9.59 Å². The first-order chi connectivity index (χ1) is 6.65. The van der Waals surface area contributed by atoms with Crippen molar-refractivity contribution < 1.29 is 9.59 Å². The second-order valence-electron chi connectivity index (χ2n) is 3.61. The highest BCUT2D eigenvalue weighted by atomic mass is 16.2. The molecule has 0 aromatic heterocycles. The van der Waals surface area contributed by atoms with Crippen LogP contribution in [-0.4, -0.2) is 31.4 Å². The van der Waals surface area contributed by atoms with Crippen molar-refractivity contribution in [3.05, 3.63) is 0 Å². The molecule has 2 atom stereocenters. The first-order valence-corrected chi connectivity index (χ1v) is 4.89. The monoisotopic (exact) mass is 199 g/mol. The van der Waals surface area contributed by atoms with Crippen LogP contribution in [0.2, 0.25) is 0 Å². The van der Waals surface area contributed by atoms with E-state index in [9.17, 15) is 9.59 Å². The van der Waals surface area contributed by atoms with Gasteiger partial charge in [-0.1, -0.05) is 0 Å². The second kappa shape index (κ2) is 4.95. The summed E-state index contributed by atoms with van der Waals surface area (Å²) in [6, 6.07) is -0.399. The Kier molecular flexibility index (Phi) is 3.88. The average molecular weight is 199 g/mol. The van der Waals surface area contributed by atoms with Crippen molar-refractivity contribution in [2.45, 2.75) is 25.3 Å². The molecule has 1 fully saturated rings. The van der Waals surface area contributed by atoms with Gasteiger partial charge in [0.15, 0.2) is 0 Å². The molecule has 2 unspecified atom stereocenters. The number of carbonyl (C=O) groups is 2. The Morgan fingerprint density at radius 2 is 2.50 bits per heavy atom. The molecular weight excluding hydrogens is 182 g/mol. The van der Waals surface area contributed by atoms with Gasteiger partial charge in [-0.05, 0) is 26.3 Å². The van der Waals surface area contributed by atoms with Gasteiger partial charge in [0.05, 0.1) is 6.04 Å². The summed E-state index contributed by atoms with van der Waals surface area (Å²) in [5.74, 6) is -0.433. The number of piperidine rings is 1. The van der Waals surface area contributed by atoms with Crippen molar-refractivity contribution in [3.63, 3.8) is 0 Å². The van der Waals surface area contributed by atoms with Gasteiger partial charge in [0, 0.05) is 12.5 Å². The second-order valence-corrected chi connectivity index (χ2v) is 3.61. The maximum Gasteiger partial charge on any atom is 0.234 e. The molecular formula is C9H17N3O2. The molecule has 1 saturated heterocycles. The Labute approximate surface area is 83.4 Å². The number of likely N-dealkylation sites (N-methyl/N-ethyl adjacent to an activating group) is 1. The topological polar surface area (TPSA) is 84.2 Å². The first-order valence-electron chi connectivity index (χ1n) is 4.89. The molecule has 0 aromatic rings. The quantitative estimate of drug-likeness (QED) is 0.541. The molecule has 5 nitrogen and oxygen atoms in total. The third-order valence-electron chi connectivity index (χ3n) is 2.61. The van der Waals surface area contributed by atoms with E-state index in [0.29, 0.717) is 6.42 Å². The summed E-state index contributed by atoms with van der Waals surface area (Å²) in [6.07, 6.45) is 2.32. The lowest BCUT2D eigenvalue weighted by Crippen LogP contribution is -2.45. The highest BCUT2D eigenvalue weighted by molar-refractivity contribution is 5.83. The minimum absolute atomic E-state index is 0.0396. The largest absolute Gasteiger partial charge is 0.368 e. The minimum atomic E-state index is -0.399. The molecule has 80 valence electrons. The Bertz CT molecular complexity index is 230. The van der Waals surface area contributed by atoms with Gasteiger partial charge in [0.25, 0.3) is 0 Å². The molecule has 0 aliphatic carbocycles. The zero-order chi connectivity index (χ0) is 10.6. The zero-order valence-corrected chi connectivity index (χ0v) is 8.38. The number of nitrogens with two attached hydrogens (primary N) is 1. The lowest BCUT2D eigenvalue weighted by molar-refractivity contribution is -0.127. The molecule has 0 saturated carbocycles. The average Bonchev–Trinajstić information content (AvgIpc) is 2.16. The van der Waals surface area contributed by atoms with E-state index in [1.807, 2.05) is 0 Å². The van der Waals surface area contributed by atoms with Gasteiger partial charge < -0.3 is 16.4 Å². The highest BCUT2D eigenvalue weighted by Crippen LogP contribution is 2.16. The molecule has 1 rings (SSSR count). The molecule has 0 spiro atoms. The van der Waals surface area contributed by atoms with Crippen LogP contribution in [0.3, 0.4) is 0 Å². The van der Waals surface area contributed by atoms with Crippen molar-refractivity contribution in [2.24, 2.45) is 11.7 Å². The number of hydrogen-bond acceptors (Lipinski definition) is 3. The van der Waals surface area contributed by atoms with Crippen LogP contribution in [0.4, 0.5) is 0 Å². The van der Waals surface area contributed by atoms with E-state index in [1.54, 1.807) is 7.05 Å². The summed E-state index contributed by atoms with van der Waals surface area (Å²) in [4.78, 5) is 22.3. The van der Waals surface area contributed by atoms with Crippen LogP contribution in [0.15, 0.2) is 0 Å². The van der Waals surface area contributed by atoms with E-state index in [4.69, 9.17) is 5.73 Å². The van der Waals surface area contributed by atoms with Crippen molar-refractivity contribution in [3.8, 4) is 0 Å². The lowest BCUT2D eigenvalue weighted by atomic mass is 9.91. The SMILES string of the molecule is CNC(CC1CCCNC1=O)C(N)=O. The lowest BCUT2D eigenvalue weighted by Gasteiger charge is -2.24. The Hall–Kier alpha value is -1.10. The fourth-order valence-corrected chi connectivity index (χ4v) is 1.72. The summed E-state index contributed by atoms with van der Waals surface area (Å²) in [6.45, 7) is 0.746. The van der Waals surface area contributed by atoms with Gasteiger partial charge in [0.2, 0.25) is 11.8 Å². The van der Waals surface area contributed by atoms with Gasteiger partial charge >= 0.3 is 0 Å². The van der Waals surface area contributed by atoms with Gasteiger partial charge in [-0.2, -0.15) is 0 Å². The molecule has 14 heavy (non-hydrogen) atoms.